The van der Waals surface area contributed by atoms with E-state index in [0.29, 0.717) is 19.4 Å². The van der Waals surface area contributed by atoms with Crippen LogP contribution < -0.4 is 5.32 Å². The van der Waals surface area contributed by atoms with Gasteiger partial charge in [0.15, 0.2) is 0 Å². The van der Waals surface area contributed by atoms with Gasteiger partial charge in [-0.15, -0.1) is 0 Å². The van der Waals surface area contributed by atoms with E-state index in [0.717, 1.165) is 38.5 Å². The van der Waals surface area contributed by atoms with Crippen LogP contribution in [0, 0.1) is 0 Å². The summed E-state index contributed by atoms with van der Waals surface area (Å²) in [7, 11) is 0. The lowest BCUT2D eigenvalue weighted by Gasteiger charge is -2.20. The standard InChI is InChI=1S/C61H119NO5/c1-3-5-7-9-11-13-15-16-17-24-27-30-34-37-41-45-49-53-59(64)58(57-63)62-60(65)54-50-46-42-38-35-31-28-25-22-20-18-19-21-23-26-29-32-36-40-44-48-52-56-67-61(66)55-51-47-43-39-33-14-12-10-8-6-4-2/h49,53,58-59,63-64H,3-48,50-52,54-57H2,1-2H3,(H,62,65)/b53-49+. The second kappa shape index (κ2) is 57.2. The van der Waals surface area contributed by atoms with Crippen molar-refractivity contribution in [2.75, 3.05) is 13.2 Å². The summed E-state index contributed by atoms with van der Waals surface area (Å²) in [5.41, 5.74) is 0. The third-order valence-corrected chi connectivity index (χ3v) is 14.3. The van der Waals surface area contributed by atoms with E-state index in [1.54, 1.807) is 6.08 Å². The van der Waals surface area contributed by atoms with Crippen molar-refractivity contribution in [3.8, 4) is 0 Å². The number of esters is 1. The highest BCUT2D eigenvalue weighted by molar-refractivity contribution is 5.76. The van der Waals surface area contributed by atoms with Crippen LogP contribution in [0.3, 0.4) is 0 Å². The highest BCUT2D eigenvalue weighted by Gasteiger charge is 2.18. The molecule has 398 valence electrons. The van der Waals surface area contributed by atoms with Crippen LogP contribution in [0.25, 0.3) is 0 Å². The van der Waals surface area contributed by atoms with Crippen LogP contribution in [0.5, 0.6) is 0 Å². The van der Waals surface area contributed by atoms with E-state index in [2.05, 4.69) is 19.2 Å². The molecule has 0 radical (unpaired) electrons. The van der Waals surface area contributed by atoms with Crippen molar-refractivity contribution in [1.29, 1.82) is 0 Å². The first-order valence-corrected chi connectivity index (χ1v) is 30.5. The van der Waals surface area contributed by atoms with Gasteiger partial charge in [0.05, 0.1) is 25.4 Å². The van der Waals surface area contributed by atoms with Gasteiger partial charge in [-0.25, -0.2) is 0 Å². The summed E-state index contributed by atoms with van der Waals surface area (Å²) in [5, 5.41) is 23.2. The van der Waals surface area contributed by atoms with Crippen molar-refractivity contribution in [3.05, 3.63) is 12.2 Å². The molecule has 0 saturated carbocycles. The maximum atomic E-state index is 12.5. The molecule has 0 aliphatic heterocycles. The normalized spacial score (nSPS) is 12.6. The lowest BCUT2D eigenvalue weighted by molar-refractivity contribution is -0.143. The molecule has 0 aliphatic rings. The Hall–Kier alpha value is -1.40. The van der Waals surface area contributed by atoms with Crippen LogP contribution in [-0.4, -0.2) is 47.4 Å². The number of aliphatic hydroxyl groups excluding tert-OH is 2. The molecule has 2 unspecified atom stereocenters. The van der Waals surface area contributed by atoms with Crippen molar-refractivity contribution in [3.63, 3.8) is 0 Å². The first-order chi connectivity index (χ1) is 33.0. The van der Waals surface area contributed by atoms with Gasteiger partial charge in [0.25, 0.3) is 0 Å². The molecule has 0 aromatic carbocycles. The number of carbonyl (C=O) groups excluding carboxylic acids is 2. The number of rotatable bonds is 57. The fraction of sp³-hybridized carbons (Fsp3) is 0.934. The molecule has 0 saturated heterocycles. The average Bonchev–Trinajstić information content (AvgIpc) is 3.33. The van der Waals surface area contributed by atoms with Gasteiger partial charge < -0.3 is 20.3 Å². The molecule has 0 rings (SSSR count). The van der Waals surface area contributed by atoms with E-state index in [1.807, 2.05) is 6.08 Å². The molecular formula is C61H119NO5. The molecule has 0 aromatic rings. The first-order valence-electron chi connectivity index (χ1n) is 30.5. The summed E-state index contributed by atoms with van der Waals surface area (Å²) in [6, 6.07) is -0.627. The number of carbonyl (C=O) groups is 2. The van der Waals surface area contributed by atoms with Gasteiger partial charge in [0.2, 0.25) is 5.91 Å². The number of unbranched alkanes of at least 4 members (excludes halogenated alkanes) is 46. The molecule has 3 N–H and O–H groups in total. The van der Waals surface area contributed by atoms with Gasteiger partial charge in [-0.2, -0.15) is 0 Å². The molecule has 0 aliphatic carbocycles. The van der Waals surface area contributed by atoms with E-state index in [1.165, 1.54) is 276 Å². The van der Waals surface area contributed by atoms with E-state index in [-0.39, 0.29) is 18.5 Å². The Kier molecular flexibility index (Phi) is 56.0. The van der Waals surface area contributed by atoms with Crippen molar-refractivity contribution in [2.24, 2.45) is 0 Å². The third-order valence-electron chi connectivity index (χ3n) is 14.3. The van der Waals surface area contributed by atoms with Crippen LogP contribution in [0.15, 0.2) is 12.2 Å². The Balaban J connectivity index is 3.40. The van der Waals surface area contributed by atoms with Crippen LogP contribution in [0.4, 0.5) is 0 Å². The molecule has 0 bridgehead atoms. The molecule has 0 spiro atoms. The molecule has 67 heavy (non-hydrogen) atoms. The zero-order chi connectivity index (χ0) is 48.6. The summed E-state index contributed by atoms with van der Waals surface area (Å²) in [5.74, 6) is -0.0524. The van der Waals surface area contributed by atoms with Crippen LogP contribution in [-0.2, 0) is 14.3 Å². The summed E-state index contributed by atoms with van der Waals surface area (Å²) in [6.07, 6.45) is 68.2. The minimum atomic E-state index is -0.844. The molecular weight excluding hydrogens is 827 g/mol. The number of amides is 1. The lowest BCUT2D eigenvalue weighted by atomic mass is 10.0. The number of aliphatic hydroxyl groups is 2. The van der Waals surface area contributed by atoms with Crippen molar-refractivity contribution in [2.45, 2.75) is 353 Å². The molecule has 0 heterocycles. The SMILES string of the molecule is CCCCCCCCCCCCCCCCC/C=C/C(O)C(CO)NC(=O)CCCCCCCCCCCCCCCCCCCCCCCCOC(=O)CCCCCCCCCCCCC. The summed E-state index contributed by atoms with van der Waals surface area (Å²) in [4.78, 5) is 24.5. The Bertz CT molecular complexity index is 1000. The number of hydrogen-bond acceptors (Lipinski definition) is 5. The number of hydrogen-bond donors (Lipinski definition) is 3. The van der Waals surface area contributed by atoms with E-state index >= 15 is 0 Å². The number of ether oxygens (including phenoxy) is 1. The fourth-order valence-electron chi connectivity index (χ4n) is 9.64. The van der Waals surface area contributed by atoms with Gasteiger partial charge in [0.1, 0.15) is 0 Å². The van der Waals surface area contributed by atoms with Crippen molar-refractivity contribution in [1.82, 2.24) is 5.32 Å². The predicted molar refractivity (Wildman–Crippen MR) is 292 cm³/mol. The topological polar surface area (TPSA) is 95.9 Å². The van der Waals surface area contributed by atoms with Crippen LogP contribution >= 0.6 is 0 Å². The van der Waals surface area contributed by atoms with Crippen LogP contribution in [0.2, 0.25) is 0 Å². The van der Waals surface area contributed by atoms with E-state index < -0.39 is 12.1 Å². The summed E-state index contributed by atoms with van der Waals surface area (Å²) < 4.78 is 5.47. The number of nitrogens with one attached hydrogen (secondary N) is 1. The van der Waals surface area contributed by atoms with Gasteiger partial charge in [-0.1, -0.05) is 309 Å². The lowest BCUT2D eigenvalue weighted by Crippen LogP contribution is -2.45. The summed E-state index contributed by atoms with van der Waals surface area (Å²) >= 11 is 0. The molecule has 1 amide bonds. The van der Waals surface area contributed by atoms with Gasteiger partial charge in [-0.05, 0) is 32.1 Å². The van der Waals surface area contributed by atoms with E-state index in [9.17, 15) is 19.8 Å². The average molecular weight is 947 g/mol. The van der Waals surface area contributed by atoms with Crippen molar-refractivity contribution < 1.29 is 24.5 Å². The van der Waals surface area contributed by atoms with Gasteiger partial charge in [0, 0.05) is 12.8 Å². The van der Waals surface area contributed by atoms with Crippen LogP contribution in [0.1, 0.15) is 341 Å². The molecule has 0 fully saturated rings. The third kappa shape index (κ3) is 53.8. The Morgan fingerprint density at radius 3 is 1.01 bits per heavy atom. The quantitative estimate of drug-likeness (QED) is 0.0321. The second-order valence-electron chi connectivity index (χ2n) is 21.0. The zero-order valence-corrected chi connectivity index (χ0v) is 45.4. The maximum absolute atomic E-state index is 12.5. The summed E-state index contributed by atoms with van der Waals surface area (Å²) in [6.45, 7) is 4.92. The first kappa shape index (κ1) is 65.6. The minimum absolute atomic E-state index is 0.0129. The molecule has 6 nitrogen and oxygen atoms in total. The molecule has 0 aromatic heterocycles. The molecule has 6 heteroatoms. The van der Waals surface area contributed by atoms with Gasteiger partial charge >= 0.3 is 5.97 Å². The second-order valence-corrected chi connectivity index (χ2v) is 21.0. The Morgan fingerprint density at radius 2 is 0.687 bits per heavy atom. The minimum Gasteiger partial charge on any atom is -0.466 e. The Labute approximate surface area is 419 Å². The van der Waals surface area contributed by atoms with Crippen molar-refractivity contribution >= 4 is 11.9 Å². The molecule has 2 atom stereocenters. The highest BCUT2D eigenvalue weighted by Crippen LogP contribution is 2.18. The zero-order valence-electron chi connectivity index (χ0n) is 45.4. The largest absolute Gasteiger partial charge is 0.466 e. The van der Waals surface area contributed by atoms with Gasteiger partial charge in [-0.3, -0.25) is 9.59 Å². The number of allylic oxidation sites excluding steroid dienone is 1. The fourth-order valence-corrected chi connectivity index (χ4v) is 9.64. The maximum Gasteiger partial charge on any atom is 0.305 e. The van der Waals surface area contributed by atoms with E-state index in [4.69, 9.17) is 4.74 Å². The highest BCUT2D eigenvalue weighted by atomic mass is 16.5. The smallest absolute Gasteiger partial charge is 0.305 e. The Morgan fingerprint density at radius 1 is 0.403 bits per heavy atom. The monoisotopic (exact) mass is 946 g/mol. The predicted octanol–water partition coefficient (Wildman–Crippen LogP) is 18.9.